The summed E-state index contributed by atoms with van der Waals surface area (Å²) in [6, 6.07) is 3.13. The molecule has 5 heteroatoms. The van der Waals surface area contributed by atoms with Crippen molar-refractivity contribution >= 4 is 39.7 Å². The molecule has 0 bridgehead atoms. The molecule has 2 aromatic heterocycles. The average Bonchev–Trinajstić information content (AvgIpc) is 2.65. The van der Waals surface area contributed by atoms with Crippen LogP contribution >= 0.6 is 33.9 Å². The third-order valence-electron chi connectivity index (χ3n) is 1.85. The summed E-state index contributed by atoms with van der Waals surface area (Å²) >= 11 is 3.58. The highest BCUT2D eigenvalue weighted by molar-refractivity contribution is 14.1. The highest BCUT2D eigenvalue weighted by Crippen LogP contribution is 2.20. The van der Waals surface area contributed by atoms with E-state index in [2.05, 4.69) is 27.6 Å². The Hall–Kier alpha value is -0.820. The third-order valence-corrected chi connectivity index (χ3v) is 3.64. The van der Waals surface area contributed by atoms with Crippen molar-refractivity contribution in [1.82, 2.24) is 4.98 Å². The summed E-state index contributed by atoms with van der Waals surface area (Å²) < 4.78 is 14.3. The molecule has 15 heavy (non-hydrogen) atoms. The van der Waals surface area contributed by atoms with Gasteiger partial charge in [0.15, 0.2) is 11.6 Å². The highest BCUT2D eigenvalue weighted by Gasteiger charge is 2.14. The minimum atomic E-state index is -0.580. The van der Waals surface area contributed by atoms with E-state index >= 15 is 0 Å². The maximum absolute atomic E-state index is 13.3. The lowest BCUT2D eigenvalue weighted by Crippen LogP contribution is -2.03. The topological polar surface area (TPSA) is 30.0 Å². The number of rotatable bonds is 2. The fourth-order valence-corrected chi connectivity index (χ4v) is 2.47. The van der Waals surface area contributed by atoms with Crippen LogP contribution in [0.5, 0.6) is 0 Å². The number of ketones is 1. The molecule has 0 amide bonds. The number of carbonyl (C=O) groups excluding carboxylic acids is 1. The summed E-state index contributed by atoms with van der Waals surface area (Å²) in [5.41, 5.74) is 0.591. The standard InChI is InChI=1S/C10H5FINOS/c11-8-4-13-2-1-7(8)10(14)6-3-9(12)15-5-6/h1-5H. The molecule has 0 atom stereocenters. The van der Waals surface area contributed by atoms with Crippen LogP contribution in [0.15, 0.2) is 29.9 Å². The lowest BCUT2D eigenvalue weighted by molar-refractivity contribution is 0.103. The second-order valence-corrected chi connectivity index (χ2v) is 5.63. The fourth-order valence-electron chi connectivity index (χ4n) is 1.14. The molecule has 0 saturated carbocycles. The Morgan fingerprint density at radius 1 is 1.53 bits per heavy atom. The van der Waals surface area contributed by atoms with Crippen molar-refractivity contribution < 1.29 is 9.18 Å². The Morgan fingerprint density at radius 2 is 2.33 bits per heavy atom. The summed E-state index contributed by atoms with van der Waals surface area (Å²) in [6.45, 7) is 0. The van der Waals surface area contributed by atoms with Crippen molar-refractivity contribution in [2.45, 2.75) is 0 Å². The van der Waals surface area contributed by atoms with Gasteiger partial charge in [0.1, 0.15) is 0 Å². The molecule has 0 aromatic carbocycles. The molecule has 0 unspecified atom stereocenters. The van der Waals surface area contributed by atoms with E-state index in [1.165, 1.54) is 23.6 Å². The lowest BCUT2D eigenvalue weighted by Gasteiger charge is -1.98. The summed E-state index contributed by atoms with van der Waals surface area (Å²) in [5.74, 6) is -0.877. The first kappa shape index (κ1) is 10.7. The molecule has 2 heterocycles. The maximum Gasteiger partial charge on any atom is 0.196 e. The minimum Gasteiger partial charge on any atom is -0.288 e. The van der Waals surface area contributed by atoms with Crippen molar-refractivity contribution in [2.24, 2.45) is 0 Å². The fraction of sp³-hybridized carbons (Fsp3) is 0. The first-order valence-corrected chi connectivity index (χ1v) is 6.02. The molecular weight excluding hydrogens is 328 g/mol. The minimum absolute atomic E-state index is 0.0687. The quantitative estimate of drug-likeness (QED) is 0.624. The van der Waals surface area contributed by atoms with Gasteiger partial charge in [0.05, 0.1) is 14.6 Å². The second kappa shape index (κ2) is 4.36. The van der Waals surface area contributed by atoms with Crippen LogP contribution in [0.1, 0.15) is 15.9 Å². The smallest absolute Gasteiger partial charge is 0.196 e. The van der Waals surface area contributed by atoms with Gasteiger partial charge in [-0.15, -0.1) is 11.3 Å². The van der Waals surface area contributed by atoms with Gasteiger partial charge < -0.3 is 0 Å². The molecule has 2 aromatic rings. The molecule has 0 fully saturated rings. The van der Waals surface area contributed by atoms with Crippen LogP contribution in [0.2, 0.25) is 0 Å². The largest absolute Gasteiger partial charge is 0.288 e. The molecule has 0 aliphatic carbocycles. The SMILES string of the molecule is O=C(c1csc(I)c1)c1ccncc1F. The van der Waals surface area contributed by atoms with Gasteiger partial charge in [-0.1, -0.05) is 0 Å². The Bertz CT molecular complexity index is 512. The summed E-state index contributed by atoms with van der Waals surface area (Å²) in [5, 5.41) is 1.73. The first-order chi connectivity index (χ1) is 7.18. The van der Waals surface area contributed by atoms with Crippen molar-refractivity contribution in [2.75, 3.05) is 0 Å². The van der Waals surface area contributed by atoms with Crippen LogP contribution in [-0.4, -0.2) is 10.8 Å². The molecule has 0 radical (unpaired) electrons. The molecule has 2 nitrogen and oxygen atoms in total. The van der Waals surface area contributed by atoms with E-state index in [1.807, 2.05) is 0 Å². The third kappa shape index (κ3) is 2.23. The van der Waals surface area contributed by atoms with E-state index in [0.717, 1.165) is 9.08 Å². The Balaban J connectivity index is 2.41. The number of halogens is 2. The predicted molar refractivity (Wildman–Crippen MR) is 64.7 cm³/mol. The van der Waals surface area contributed by atoms with Gasteiger partial charge in [0.25, 0.3) is 0 Å². The van der Waals surface area contributed by atoms with Gasteiger partial charge in [-0.3, -0.25) is 9.78 Å². The van der Waals surface area contributed by atoms with E-state index in [0.29, 0.717) is 5.56 Å². The molecule has 0 N–H and O–H groups in total. The van der Waals surface area contributed by atoms with Crippen LogP contribution in [0.25, 0.3) is 0 Å². The van der Waals surface area contributed by atoms with Gasteiger partial charge in [0.2, 0.25) is 0 Å². The Kier molecular flexibility index (Phi) is 3.11. The molecular formula is C10H5FINOS. The van der Waals surface area contributed by atoms with Gasteiger partial charge in [-0.2, -0.15) is 0 Å². The lowest BCUT2D eigenvalue weighted by atomic mass is 10.1. The molecule has 0 spiro atoms. The van der Waals surface area contributed by atoms with Crippen LogP contribution in [-0.2, 0) is 0 Å². The van der Waals surface area contributed by atoms with Gasteiger partial charge in [-0.25, -0.2) is 4.39 Å². The van der Waals surface area contributed by atoms with Crippen LogP contribution in [0, 0.1) is 8.70 Å². The number of carbonyl (C=O) groups is 1. The zero-order valence-corrected chi connectivity index (χ0v) is 10.4. The van der Waals surface area contributed by atoms with Crippen molar-refractivity contribution in [3.8, 4) is 0 Å². The number of hydrogen-bond acceptors (Lipinski definition) is 3. The highest BCUT2D eigenvalue weighted by atomic mass is 127. The maximum atomic E-state index is 13.3. The summed E-state index contributed by atoms with van der Waals surface area (Å²) in [7, 11) is 0. The summed E-state index contributed by atoms with van der Waals surface area (Å²) in [6.07, 6.45) is 2.46. The van der Waals surface area contributed by atoms with Crippen LogP contribution in [0.4, 0.5) is 4.39 Å². The molecule has 2 rings (SSSR count). The van der Waals surface area contributed by atoms with E-state index < -0.39 is 5.82 Å². The van der Waals surface area contributed by atoms with Crippen LogP contribution in [0.3, 0.4) is 0 Å². The van der Waals surface area contributed by atoms with Crippen LogP contribution < -0.4 is 0 Å². The Labute approximate surface area is 103 Å². The average molecular weight is 333 g/mol. The number of thiophene rings is 1. The van der Waals surface area contributed by atoms with Crippen molar-refractivity contribution in [3.05, 3.63) is 49.7 Å². The predicted octanol–water partition coefficient (Wildman–Crippen LogP) is 3.12. The number of aromatic nitrogens is 1. The number of nitrogens with zero attached hydrogens (tertiary/aromatic N) is 1. The molecule has 0 aliphatic heterocycles. The molecule has 0 saturated heterocycles. The van der Waals surface area contributed by atoms with Gasteiger partial charge >= 0.3 is 0 Å². The van der Waals surface area contributed by atoms with Gasteiger partial charge in [0, 0.05) is 17.1 Å². The van der Waals surface area contributed by atoms with E-state index in [-0.39, 0.29) is 11.3 Å². The molecule has 0 aliphatic rings. The second-order valence-electron chi connectivity index (χ2n) is 2.82. The molecule has 76 valence electrons. The zero-order chi connectivity index (χ0) is 10.8. The monoisotopic (exact) mass is 333 g/mol. The van der Waals surface area contributed by atoms with Crippen molar-refractivity contribution in [1.29, 1.82) is 0 Å². The zero-order valence-electron chi connectivity index (χ0n) is 7.41. The number of pyridine rings is 1. The Morgan fingerprint density at radius 3 is 2.93 bits per heavy atom. The normalized spacial score (nSPS) is 10.3. The summed E-state index contributed by atoms with van der Waals surface area (Å²) in [4.78, 5) is 15.4. The van der Waals surface area contributed by atoms with E-state index in [9.17, 15) is 9.18 Å². The van der Waals surface area contributed by atoms with Crippen molar-refractivity contribution in [3.63, 3.8) is 0 Å². The van der Waals surface area contributed by atoms with E-state index in [4.69, 9.17) is 0 Å². The first-order valence-electron chi connectivity index (χ1n) is 4.07. The number of hydrogen-bond donors (Lipinski definition) is 0. The van der Waals surface area contributed by atoms with Gasteiger partial charge in [-0.05, 0) is 34.7 Å². The van der Waals surface area contributed by atoms with E-state index in [1.54, 1.807) is 11.4 Å².